The molecule has 0 amide bonds. The summed E-state index contributed by atoms with van der Waals surface area (Å²) in [6.07, 6.45) is 4.07. The summed E-state index contributed by atoms with van der Waals surface area (Å²) in [4.78, 5) is 2.36. The van der Waals surface area contributed by atoms with Gasteiger partial charge in [-0.15, -0.1) is 0 Å². The zero-order valence-electron chi connectivity index (χ0n) is 7.88. The molecule has 1 heterocycles. The van der Waals surface area contributed by atoms with Crippen LogP contribution in [0.15, 0.2) is 11.6 Å². The highest BCUT2D eigenvalue weighted by molar-refractivity contribution is 5.04. The molecule has 66 valence electrons. The largest absolute Gasteiger partial charge is 0.296 e. The molecule has 0 aromatic carbocycles. The first-order chi connectivity index (χ1) is 5.74. The fraction of sp³-hybridized carbons (Fsp3) is 0.700. The number of nitriles is 1. The highest BCUT2D eigenvalue weighted by Gasteiger charge is 2.14. The molecule has 0 spiro atoms. The summed E-state index contributed by atoms with van der Waals surface area (Å²) >= 11 is 0. The number of hydrogen-bond acceptors (Lipinski definition) is 2. The van der Waals surface area contributed by atoms with Gasteiger partial charge in [0.2, 0.25) is 0 Å². The van der Waals surface area contributed by atoms with Crippen LogP contribution in [0.4, 0.5) is 0 Å². The first-order valence-electron chi connectivity index (χ1n) is 4.50. The summed E-state index contributed by atoms with van der Waals surface area (Å²) in [5.41, 5.74) is 1.48. The Bertz CT molecular complexity index is 212. The lowest BCUT2D eigenvalue weighted by Gasteiger charge is -2.29. The van der Waals surface area contributed by atoms with Crippen LogP contribution in [-0.4, -0.2) is 24.0 Å². The number of hydrogen-bond donors (Lipinski definition) is 0. The molecule has 1 unspecified atom stereocenters. The summed E-state index contributed by atoms with van der Waals surface area (Å²) in [7, 11) is 0. The third-order valence-corrected chi connectivity index (χ3v) is 2.48. The molecule has 1 aliphatic rings. The van der Waals surface area contributed by atoms with E-state index in [2.05, 4.69) is 30.9 Å². The molecule has 0 aromatic rings. The van der Waals surface area contributed by atoms with Gasteiger partial charge in [-0.3, -0.25) is 4.90 Å². The second-order valence-electron chi connectivity index (χ2n) is 3.51. The second kappa shape index (κ2) is 4.27. The third-order valence-electron chi connectivity index (χ3n) is 2.48. The highest BCUT2D eigenvalue weighted by atomic mass is 15.1. The van der Waals surface area contributed by atoms with Gasteiger partial charge in [0.25, 0.3) is 0 Å². The van der Waals surface area contributed by atoms with E-state index >= 15 is 0 Å². The molecular formula is C10H16N2. The summed E-state index contributed by atoms with van der Waals surface area (Å²) in [5.74, 6) is 0. The van der Waals surface area contributed by atoms with Gasteiger partial charge in [0.15, 0.2) is 0 Å². The van der Waals surface area contributed by atoms with Crippen molar-refractivity contribution in [3.63, 3.8) is 0 Å². The normalized spacial score (nSPS) is 21.2. The molecule has 0 bridgehead atoms. The van der Waals surface area contributed by atoms with Gasteiger partial charge in [-0.25, -0.2) is 0 Å². The third kappa shape index (κ3) is 2.35. The minimum Gasteiger partial charge on any atom is -0.296 e. The molecule has 0 aliphatic carbocycles. The zero-order chi connectivity index (χ0) is 8.97. The van der Waals surface area contributed by atoms with Gasteiger partial charge in [-0.2, -0.15) is 5.26 Å². The molecule has 0 N–H and O–H groups in total. The molecule has 2 heteroatoms. The van der Waals surface area contributed by atoms with Crippen LogP contribution in [0.5, 0.6) is 0 Å². The standard InChI is InChI=1S/C10H16N2/c1-9-4-7-12(8-5-9)10(2)3-6-11/h4,10H,3,5,7-8H2,1-2H3. The smallest absolute Gasteiger partial charge is 0.0638 e. The summed E-state index contributed by atoms with van der Waals surface area (Å²) < 4.78 is 0. The molecule has 0 radical (unpaired) electrons. The van der Waals surface area contributed by atoms with Crippen molar-refractivity contribution >= 4 is 0 Å². The lowest BCUT2D eigenvalue weighted by atomic mass is 10.1. The topological polar surface area (TPSA) is 27.0 Å². The maximum absolute atomic E-state index is 8.53. The molecule has 12 heavy (non-hydrogen) atoms. The van der Waals surface area contributed by atoms with Crippen molar-refractivity contribution in [2.75, 3.05) is 13.1 Å². The average molecular weight is 164 g/mol. The van der Waals surface area contributed by atoms with Crippen molar-refractivity contribution in [3.05, 3.63) is 11.6 Å². The lowest BCUT2D eigenvalue weighted by Crippen LogP contribution is -2.36. The zero-order valence-corrected chi connectivity index (χ0v) is 7.88. The monoisotopic (exact) mass is 164 g/mol. The minimum absolute atomic E-state index is 0.416. The molecule has 0 saturated carbocycles. The SMILES string of the molecule is CC1=CCN(C(C)CC#N)CC1. The van der Waals surface area contributed by atoms with E-state index < -0.39 is 0 Å². The number of rotatable bonds is 2. The predicted molar refractivity (Wildman–Crippen MR) is 49.6 cm³/mol. The van der Waals surface area contributed by atoms with E-state index in [1.165, 1.54) is 5.57 Å². The van der Waals surface area contributed by atoms with Crippen molar-refractivity contribution in [2.24, 2.45) is 0 Å². The van der Waals surface area contributed by atoms with Gasteiger partial charge >= 0.3 is 0 Å². The van der Waals surface area contributed by atoms with Gasteiger partial charge in [0.05, 0.1) is 12.5 Å². The van der Waals surface area contributed by atoms with Crippen LogP contribution in [-0.2, 0) is 0 Å². The Labute approximate surface area is 74.5 Å². The van der Waals surface area contributed by atoms with Gasteiger partial charge in [-0.05, 0) is 20.3 Å². The van der Waals surface area contributed by atoms with Gasteiger partial charge in [0.1, 0.15) is 0 Å². The minimum atomic E-state index is 0.416. The Morgan fingerprint density at radius 3 is 3.00 bits per heavy atom. The maximum Gasteiger partial charge on any atom is 0.0638 e. The average Bonchev–Trinajstić information content (AvgIpc) is 2.06. The number of nitrogens with zero attached hydrogens (tertiary/aromatic N) is 2. The van der Waals surface area contributed by atoms with Crippen LogP contribution >= 0.6 is 0 Å². The van der Waals surface area contributed by atoms with E-state index in [9.17, 15) is 0 Å². The van der Waals surface area contributed by atoms with E-state index in [1.54, 1.807) is 0 Å². The van der Waals surface area contributed by atoms with E-state index in [0.717, 1.165) is 19.5 Å². The Hall–Kier alpha value is -0.810. The Morgan fingerprint density at radius 2 is 2.50 bits per heavy atom. The Kier molecular flexibility index (Phi) is 3.31. The van der Waals surface area contributed by atoms with Crippen LogP contribution < -0.4 is 0 Å². The summed E-state index contributed by atoms with van der Waals surface area (Å²) in [5, 5.41) is 8.53. The van der Waals surface area contributed by atoms with Crippen molar-refractivity contribution in [3.8, 4) is 6.07 Å². The second-order valence-corrected chi connectivity index (χ2v) is 3.51. The molecule has 1 rings (SSSR count). The molecule has 2 nitrogen and oxygen atoms in total. The predicted octanol–water partition coefficient (Wildman–Crippen LogP) is 1.94. The van der Waals surface area contributed by atoms with E-state index in [4.69, 9.17) is 5.26 Å². The summed E-state index contributed by atoms with van der Waals surface area (Å²) in [6.45, 7) is 6.43. The quantitative estimate of drug-likeness (QED) is 0.583. The van der Waals surface area contributed by atoms with Gasteiger partial charge in [0, 0.05) is 19.1 Å². The molecule has 0 aromatic heterocycles. The molecule has 1 aliphatic heterocycles. The lowest BCUT2D eigenvalue weighted by molar-refractivity contribution is 0.227. The van der Waals surface area contributed by atoms with Crippen molar-refractivity contribution in [1.82, 2.24) is 4.90 Å². The van der Waals surface area contributed by atoms with Crippen molar-refractivity contribution < 1.29 is 0 Å². The fourth-order valence-corrected chi connectivity index (χ4v) is 1.45. The van der Waals surface area contributed by atoms with Crippen LogP contribution in [0.2, 0.25) is 0 Å². The summed E-state index contributed by atoms with van der Waals surface area (Å²) in [6, 6.07) is 2.63. The fourth-order valence-electron chi connectivity index (χ4n) is 1.45. The first kappa shape index (κ1) is 9.28. The first-order valence-corrected chi connectivity index (χ1v) is 4.50. The Morgan fingerprint density at radius 1 is 1.75 bits per heavy atom. The van der Waals surface area contributed by atoms with Crippen LogP contribution in [0.3, 0.4) is 0 Å². The van der Waals surface area contributed by atoms with E-state index in [-0.39, 0.29) is 0 Å². The Balaban J connectivity index is 2.41. The van der Waals surface area contributed by atoms with Crippen LogP contribution in [0.1, 0.15) is 26.7 Å². The van der Waals surface area contributed by atoms with Crippen molar-refractivity contribution in [1.29, 1.82) is 5.26 Å². The molecular weight excluding hydrogens is 148 g/mol. The molecule has 1 atom stereocenters. The van der Waals surface area contributed by atoms with Gasteiger partial charge < -0.3 is 0 Å². The van der Waals surface area contributed by atoms with E-state index in [0.29, 0.717) is 12.5 Å². The van der Waals surface area contributed by atoms with Gasteiger partial charge in [-0.1, -0.05) is 11.6 Å². The molecule has 0 saturated heterocycles. The van der Waals surface area contributed by atoms with Crippen LogP contribution in [0.25, 0.3) is 0 Å². The molecule has 0 fully saturated rings. The van der Waals surface area contributed by atoms with Crippen molar-refractivity contribution in [2.45, 2.75) is 32.7 Å². The van der Waals surface area contributed by atoms with Crippen LogP contribution in [0, 0.1) is 11.3 Å². The van der Waals surface area contributed by atoms with E-state index in [1.807, 2.05) is 0 Å². The maximum atomic E-state index is 8.53. The highest BCUT2D eigenvalue weighted by Crippen LogP contribution is 2.13.